The van der Waals surface area contributed by atoms with Crippen molar-refractivity contribution < 1.29 is 24.7 Å². The molecule has 0 saturated carbocycles. The fourth-order valence-corrected chi connectivity index (χ4v) is 7.69. The van der Waals surface area contributed by atoms with Crippen LogP contribution in [0.1, 0.15) is 11.4 Å². The summed E-state index contributed by atoms with van der Waals surface area (Å²) in [5.74, 6) is -0.669. The molecule has 0 aromatic carbocycles. The second kappa shape index (κ2) is 11.5. The van der Waals surface area contributed by atoms with Gasteiger partial charge in [-0.2, -0.15) is 11.8 Å². The highest BCUT2D eigenvalue weighted by Gasteiger charge is 2.54. The predicted octanol–water partition coefficient (Wildman–Crippen LogP) is 0.979. The maximum absolute atomic E-state index is 12.9. The van der Waals surface area contributed by atoms with Gasteiger partial charge in [0.25, 0.3) is 11.8 Å². The fraction of sp³-hybridized carbons (Fsp3) is 0.300. The molecule has 2 amide bonds. The molecule has 0 spiro atoms. The van der Waals surface area contributed by atoms with Crippen molar-refractivity contribution in [3.63, 3.8) is 0 Å². The standard InChI is InChI=1S/C20H21N7O5S4/c21-4-5-33-6-9-7-35-20(23-9)36-11-8-34-18-14(17(29)27(18)15(11)19(30)31)25-16(28)13(26-32)10-2-1-3-12(22)24-10/h1-3,7,14,18,32H,4-6,8,21H2,(H2,22,24)(H,25,28)(H,30,31)/b26-13-. The number of carboxylic acid groups (broad SMARTS) is 1. The summed E-state index contributed by atoms with van der Waals surface area (Å²) in [7, 11) is 0. The van der Waals surface area contributed by atoms with Gasteiger partial charge in [0.15, 0.2) is 10.1 Å². The zero-order chi connectivity index (χ0) is 25.8. The molecule has 2 atom stereocenters. The first-order valence-electron chi connectivity index (χ1n) is 10.4. The molecule has 0 bridgehead atoms. The van der Waals surface area contributed by atoms with E-state index in [9.17, 15) is 24.7 Å². The van der Waals surface area contributed by atoms with Crippen LogP contribution in [0.25, 0.3) is 0 Å². The Hall–Kier alpha value is -2.79. The van der Waals surface area contributed by atoms with E-state index in [1.807, 2.05) is 5.38 Å². The third-order valence-electron chi connectivity index (χ3n) is 5.00. The summed E-state index contributed by atoms with van der Waals surface area (Å²) < 4.78 is 0.683. The number of amides is 2. The lowest BCUT2D eigenvalue weighted by atomic mass is 10.0. The normalized spacial score (nSPS) is 19.6. The van der Waals surface area contributed by atoms with Crippen molar-refractivity contribution in [2.75, 3.05) is 23.8 Å². The minimum absolute atomic E-state index is 0.0315. The Kier molecular flexibility index (Phi) is 8.40. The number of thioether (sulfide) groups is 3. The molecule has 0 aliphatic carbocycles. The number of fused-ring (bicyclic) bond motifs is 1. The zero-order valence-electron chi connectivity index (χ0n) is 18.5. The van der Waals surface area contributed by atoms with Crippen LogP contribution < -0.4 is 16.8 Å². The monoisotopic (exact) mass is 567 g/mol. The van der Waals surface area contributed by atoms with Crippen molar-refractivity contribution >= 4 is 75.9 Å². The number of nitrogens with one attached hydrogen (secondary N) is 1. The van der Waals surface area contributed by atoms with Crippen molar-refractivity contribution in [3.05, 3.63) is 45.6 Å². The average molecular weight is 568 g/mol. The zero-order valence-corrected chi connectivity index (χ0v) is 21.8. The number of aliphatic carboxylic acids is 1. The highest BCUT2D eigenvalue weighted by Crippen LogP contribution is 2.45. The van der Waals surface area contributed by atoms with Gasteiger partial charge in [0.2, 0.25) is 0 Å². The van der Waals surface area contributed by atoms with E-state index in [4.69, 9.17) is 11.5 Å². The molecular weight excluding hydrogens is 547 g/mol. The number of pyridine rings is 1. The smallest absolute Gasteiger partial charge is 0.353 e. The quantitative estimate of drug-likeness (QED) is 0.0898. The van der Waals surface area contributed by atoms with E-state index < -0.39 is 34.9 Å². The van der Waals surface area contributed by atoms with Crippen molar-refractivity contribution in [2.24, 2.45) is 10.9 Å². The lowest BCUT2D eigenvalue weighted by Gasteiger charge is -2.49. The van der Waals surface area contributed by atoms with Crippen LogP contribution in [0.15, 0.2) is 43.7 Å². The Bertz CT molecular complexity index is 1250. The number of anilines is 1. The van der Waals surface area contributed by atoms with Gasteiger partial charge in [-0.1, -0.05) is 23.0 Å². The van der Waals surface area contributed by atoms with Crippen LogP contribution in [0, 0.1) is 0 Å². The van der Waals surface area contributed by atoms with Gasteiger partial charge in [-0.3, -0.25) is 14.5 Å². The summed E-state index contributed by atoms with van der Waals surface area (Å²) >= 11 is 5.62. The highest BCUT2D eigenvalue weighted by atomic mass is 32.2. The van der Waals surface area contributed by atoms with E-state index in [0.29, 0.717) is 27.3 Å². The molecule has 2 aromatic heterocycles. The molecule has 1 saturated heterocycles. The molecule has 7 N–H and O–H groups in total. The topological polar surface area (TPSA) is 197 Å². The lowest BCUT2D eigenvalue weighted by molar-refractivity contribution is -0.150. The van der Waals surface area contributed by atoms with Gasteiger partial charge in [-0.15, -0.1) is 23.1 Å². The Morgan fingerprint density at radius 2 is 2.14 bits per heavy atom. The molecule has 4 heterocycles. The van der Waals surface area contributed by atoms with Crippen LogP contribution in [-0.4, -0.2) is 78.1 Å². The van der Waals surface area contributed by atoms with Crippen LogP contribution >= 0.6 is 46.6 Å². The summed E-state index contributed by atoms with van der Waals surface area (Å²) in [6, 6.07) is 3.49. The fourth-order valence-electron chi connectivity index (χ4n) is 3.44. The van der Waals surface area contributed by atoms with Gasteiger partial charge in [-0.05, 0) is 12.1 Å². The van der Waals surface area contributed by atoms with E-state index in [2.05, 4.69) is 20.4 Å². The Labute approximate surface area is 222 Å². The number of hydrogen-bond donors (Lipinski definition) is 5. The number of thiazole rings is 1. The Balaban J connectivity index is 1.47. The largest absolute Gasteiger partial charge is 0.477 e. The summed E-state index contributed by atoms with van der Waals surface area (Å²) in [5, 5.41) is 26.0. The molecule has 16 heteroatoms. The van der Waals surface area contributed by atoms with Crippen molar-refractivity contribution in [1.29, 1.82) is 0 Å². The van der Waals surface area contributed by atoms with Crippen molar-refractivity contribution in [1.82, 2.24) is 20.2 Å². The van der Waals surface area contributed by atoms with Gasteiger partial charge in [0.05, 0.1) is 5.69 Å². The Morgan fingerprint density at radius 1 is 1.33 bits per heavy atom. The molecule has 0 radical (unpaired) electrons. The maximum atomic E-state index is 12.9. The molecule has 190 valence electrons. The van der Waals surface area contributed by atoms with Crippen LogP contribution in [0.2, 0.25) is 0 Å². The van der Waals surface area contributed by atoms with Crippen LogP contribution in [0.5, 0.6) is 0 Å². The van der Waals surface area contributed by atoms with Crippen LogP contribution in [-0.2, 0) is 20.1 Å². The van der Waals surface area contributed by atoms with Gasteiger partial charge >= 0.3 is 5.97 Å². The molecule has 2 aliphatic rings. The first-order chi connectivity index (χ1) is 17.3. The number of oxime groups is 1. The van der Waals surface area contributed by atoms with E-state index in [0.717, 1.165) is 11.4 Å². The van der Waals surface area contributed by atoms with Crippen molar-refractivity contribution in [3.8, 4) is 0 Å². The number of nitrogens with two attached hydrogens (primary N) is 2. The predicted molar refractivity (Wildman–Crippen MR) is 140 cm³/mol. The third kappa shape index (κ3) is 5.46. The number of hydrogen-bond acceptors (Lipinski definition) is 13. The van der Waals surface area contributed by atoms with Gasteiger partial charge < -0.3 is 27.1 Å². The number of nitrogens with zero attached hydrogens (tertiary/aromatic N) is 4. The Morgan fingerprint density at radius 3 is 2.83 bits per heavy atom. The van der Waals surface area contributed by atoms with E-state index in [1.54, 1.807) is 11.8 Å². The van der Waals surface area contributed by atoms with Crippen LogP contribution in [0.3, 0.4) is 0 Å². The number of β-lactam (4-membered cyclic amide) rings is 1. The first kappa shape index (κ1) is 26.3. The molecule has 36 heavy (non-hydrogen) atoms. The van der Waals surface area contributed by atoms with Crippen LogP contribution in [0.4, 0.5) is 5.82 Å². The molecule has 12 nitrogen and oxygen atoms in total. The summed E-state index contributed by atoms with van der Waals surface area (Å²) in [6.45, 7) is 0.584. The minimum atomic E-state index is -1.24. The SMILES string of the molecule is NCCSCc1csc(SC2=C(C(=O)O)N3C(=O)C(NC(=O)/C(=N\O)c4cccc(N)n4)C3SC2)n1. The summed E-state index contributed by atoms with van der Waals surface area (Å²) in [6.07, 6.45) is 0. The molecule has 2 aromatic rings. The number of carboxylic acids is 1. The second-order valence-electron chi connectivity index (χ2n) is 7.38. The van der Waals surface area contributed by atoms with E-state index in [1.165, 1.54) is 58.0 Å². The maximum Gasteiger partial charge on any atom is 0.353 e. The second-order valence-corrected chi connectivity index (χ2v) is 11.8. The van der Waals surface area contributed by atoms with Gasteiger partial charge in [-0.25, -0.2) is 14.8 Å². The van der Waals surface area contributed by atoms with Gasteiger partial charge in [0, 0.05) is 34.1 Å². The number of aromatic nitrogens is 2. The van der Waals surface area contributed by atoms with E-state index >= 15 is 0 Å². The lowest BCUT2D eigenvalue weighted by Crippen LogP contribution is -2.71. The first-order valence-corrected chi connectivity index (χ1v) is 14.3. The number of carbonyl (C=O) groups is 3. The molecule has 2 aliphatic heterocycles. The highest BCUT2D eigenvalue weighted by molar-refractivity contribution is 8.07. The number of rotatable bonds is 10. The number of carbonyl (C=O) groups excluding carboxylic acids is 2. The molecule has 2 unspecified atom stereocenters. The molecule has 4 rings (SSSR count). The summed E-state index contributed by atoms with van der Waals surface area (Å²) in [4.78, 5) is 47.9. The molecular formula is C20H21N7O5S4. The van der Waals surface area contributed by atoms with Gasteiger partial charge in [0.1, 0.15) is 28.6 Å². The average Bonchev–Trinajstić information content (AvgIpc) is 3.30. The summed E-state index contributed by atoms with van der Waals surface area (Å²) in [5.41, 5.74) is 11.5. The number of nitrogen functional groups attached to an aromatic ring is 1. The third-order valence-corrected chi connectivity index (χ3v) is 9.56. The minimum Gasteiger partial charge on any atom is -0.477 e. The van der Waals surface area contributed by atoms with Crippen molar-refractivity contribution in [2.45, 2.75) is 21.5 Å². The molecule has 1 fully saturated rings. The van der Waals surface area contributed by atoms with E-state index in [-0.39, 0.29) is 17.2 Å².